The van der Waals surface area contributed by atoms with Gasteiger partial charge in [0.05, 0.1) is 28.2 Å². The minimum Gasteiger partial charge on any atom is -0.335 e. The van der Waals surface area contributed by atoms with Gasteiger partial charge in [-0.2, -0.15) is 0 Å². The summed E-state index contributed by atoms with van der Waals surface area (Å²) in [6.07, 6.45) is 8.31. The molecule has 2 aromatic rings. The van der Waals surface area contributed by atoms with E-state index in [9.17, 15) is 4.79 Å². The van der Waals surface area contributed by atoms with Crippen LogP contribution in [0.1, 0.15) is 43.4 Å². The first-order chi connectivity index (χ1) is 16.1. The Bertz CT molecular complexity index is 966. The Morgan fingerprint density at radius 2 is 1.76 bits per heavy atom. The molecule has 1 saturated carbocycles. The zero-order valence-electron chi connectivity index (χ0n) is 19.0. The minimum absolute atomic E-state index is 0.201. The molecule has 1 aliphatic carbocycles. The number of halogens is 2. The lowest BCUT2D eigenvalue weighted by Gasteiger charge is -2.54. The fourth-order valence-electron chi connectivity index (χ4n) is 6.08. The summed E-state index contributed by atoms with van der Waals surface area (Å²) in [5.41, 5.74) is 2.03. The number of rotatable bonds is 5. The lowest BCUT2D eigenvalue weighted by molar-refractivity contribution is -0.143. The van der Waals surface area contributed by atoms with Crippen molar-refractivity contribution in [2.24, 2.45) is 0 Å². The van der Waals surface area contributed by atoms with Crippen LogP contribution in [0.5, 0.6) is 0 Å². The SMILES string of the molecule is O=C(Cc1ccc(Cl)c(Cl)c1)N1CCN(Cc2ccccn2)C2CCCC(N3CCCC3)C21. The number of hydrogen-bond donors (Lipinski definition) is 0. The highest BCUT2D eigenvalue weighted by molar-refractivity contribution is 6.42. The van der Waals surface area contributed by atoms with Gasteiger partial charge in [0, 0.05) is 37.9 Å². The van der Waals surface area contributed by atoms with Crippen molar-refractivity contribution in [1.82, 2.24) is 19.7 Å². The summed E-state index contributed by atoms with van der Waals surface area (Å²) < 4.78 is 0. The Morgan fingerprint density at radius 3 is 2.52 bits per heavy atom. The van der Waals surface area contributed by atoms with Crippen molar-refractivity contribution in [2.45, 2.75) is 63.2 Å². The number of likely N-dealkylation sites (tertiary alicyclic amines) is 1. The Hall–Kier alpha value is -1.66. The van der Waals surface area contributed by atoms with Crippen LogP contribution in [-0.2, 0) is 17.8 Å². The highest BCUT2D eigenvalue weighted by atomic mass is 35.5. The fourth-order valence-corrected chi connectivity index (χ4v) is 6.40. The van der Waals surface area contributed by atoms with E-state index >= 15 is 0 Å². The molecule has 3 unspecified atom stereocenters. The Morgan fingerprint density at radius 1 is 0.939 bits per heavy atom. The van der Waals surface area contributed by atoms with Crippen LogP contribution in [-0.4, -0.2) is 69.9 Å². The maximum atomic E-state index is 13.6. The number of hydrogen-bond acceptors (Lipinski definition) is 4. The van der Waals surface area contributed by atoms with E-state index < -0.39 is 0 Å². The maximum absolute atomic E-state index is 13.6. The fraction of sp³-hybridized carbons (Fsp3) is 0.538. The van der Waals surface area contributed by atoms with Crippen molar-refractivity contribution in [2.75, 3.05) is 26.2 Å². The monoisotopic (exact) mass is 486 g/mol. The van der Waals surface area contributed by atoms with Gasteiger partial charge in [0.15, 0.2) is 0 Å². The lowest BCUT2D eigenvalue weighted by atomic mass is 9.81. The summed E-state index contributed by atoms with van der Waals surface area (Å²) in [4.78, 5) is 25.7. The number of piperazine rings is 1. The first-order valence-corrected chi connectivity index (χ1v) is 13.0. The third-order valence-corrected chi connectivity index (χ3v) is 8.34. The molecular formula is C26H32Cl2N4O. The zero-order chi connectivity index (χ0) is 22.8. The van der Waals surface area contributed by atoms with Crippen molar-refractivity contribution in [3.63, 3.8) is 0 Å². The second-order valence-corrected chi connectivity index (χ2v) is 10.4. The van der Waals surface area contributed by atoms with Crippen LogP contribution in [0.4, 0.5) is 0 Å². The third-order valence-electron chi connectivity index (χ3n) is 7.61. The van der Waals surface area contributed by atoms with Gasteiger partial charge >= 0.3 is 0 Å². The van der Waals surface area contributed by atoms with Crippen LogP contribution in [0.3, 0.4) is 0 Å². The molecule has 3 atom stereocenters. The quantitative estimate of drug-likeness (QED) is 0.615. The molecular weight excluding hydrogens is 455 g/mol. The second-order valence-electron chi connectivity index (χ2n) is 9.60. The van der Waals surface area contributed by atoms with Crippen LogP contribution < -0.4 is 0 Å². The molecule has 0 bridgehead atoms. The van der Waals surface area contributed by atoms with Gasteiger partial charge in [-0.3, -0.25) is 19.6 Å². The molecule has 2 saturated heterocycles. The van der Waals surface area contributed by atoms with Gasteiger partial charge in [-0.1, -0.05) is 41.8 Å². The molecule has 5 nitrogen and oxygen atoms in total. The summed E-state index contributed by atoms with van der Waals surface area (Å²) >= 11 is 12.3. The number of fused-ring (bicyclic) bond motifs is 1. The first-order valence-electron chi connectivity index (χ1n) is 12.2. The van der Waals surface area contributed by atoms with Gasteiger partial charge in [-0.25, -0.2) is 0 Å². The number of pyridine rings is 1. The smallest absolute Gasteiger partial charge is 0.227 e. The van der Waals surface area contributed by atoms with Gasteiger partial charge < -0.3 is 4.90 Å². The zero-order valence-corrected chi connectivity index (χ0v) is 20.5. The molecule has 33 heavy (non-hydrogen) atoms. The number of benzene rings is 1. The van der Waals surface area contributed by atoms with Gasteiger partial charge in [0.2, 0.25) is 5.91 Å². The van der Waals surface area contributed by atoms with Crippen molar-refractivity contribution < 1.29 is 4.79 Å². The molecule has 176 valence electrons. The van der Waals surface area contributed by atoms with Crippen molar-refractivity contribution in [1.29, 1.82) is 0 Å². The van der Waals surface area contributed by atoms with Crippen LogP contribution in [0.15, 0.2) is 42.6 Å². The Labute approximate surface area is 206 Å². The third kappa shape index (κ3) is 5.07. The summed E-state index contributed by atoms with van der Waals surface area (Å²) in [6, 6.07) is 12.7. The average Bonchev–Trinajstić information content (AvgIpc) is 3.37. The largest absolute Gasteiger partial charge is 0.335 e. The molecule has 3 fully saturated rings. The van der Waals surface area contributed by atoms with E-state index in [1.807, 2.05) is 24.4 Å². The van der Waals surface area contributed by atoms with E-state index in [-0.39, 0.29) is 11.9 Å². The first kappa shape index (κ1) is 23.1. The number of nitrogens with zero attached hydrogens (tertiary/aromatic N) is 4. The van der Waals surface area contributed by atoms with Crippen LogP contribution in [0.25, 0.3) is 0 Å². The van der Waals surface area contributed by atoms with Crippen LogP contribution in [0, 0.1) is 0 Å². The summed E-state index contributed by atoms with van der Waals surface area (Å²) in [6.45, 7) is 4.81. The van der Waals surface area contributed by atoms with Gasteiger partial charge in [-0.05, 0) is 68.6 Å². The van der Waals surface area contributed by atoms with Crippen LogP contribution in [0.2, 0.25) is 10.0 Å². The Kier molecular flexibility index (Phi) is 7.21. The van der Waals surface area contributed by atoms with Crippen molar-refractivity contribution in [3.05, 3.63) is 63.9 Å². The molecule has 1 amide bonds. The molecule has 5 rings (SSSR count). The molecule has 0 radical (unpaired) electrons. The molecule has 1 aromatic heterocycles. The topological polar surface area (TPSA) is 39.7 Å². The molecule has 3 heterocycles. The second kappa shape index (κ2) is 10.3. The highest BCUT2D eigenvalue weighted by Gasteiger charge is 2.47. The van der Waals surface area contributed by atoms with Crippen LogP contribution >= 0.6 is 23.2 Å². The normalized spacial score (nSPS) is 26.4. The summed E-state index contributed by atoms with van der Waals surface area (Å²) in [5.74, 6) is 0.201. The lowest BCUT2D eigenvalue weighted by Crippen LogP contribution is -2.68. The predicted molar refractivity (Wildman–Crippen MR) is 133 cm³/mol. The van der Waals surface area contributed by atoms with E-state index in [4.69, 9.17) is 23.2 Å². The molecule has 2 aliphatic heterocycles. The van der Waals surface area contributed by atoms with Gasteiger partial charge in [0.1, 0.15) is 0 Å². The molecule has 0 spiro atoms. The van der Waals surface area contributed by atoms with E-state index in [2.05, 4.69) is 31.8 Å². The number of carbonyl (C=O) groups is 1. The molecule has 7 heteroatoms. The molecule has 1 aromatic carbocycles. The number of aromatic nitrogens is 1. The molecule has 0 N–H and O–H groups in total. The summed E-state index contributed by atoms with van der Waals surface area (Å²) in [7, 11) is 0. The van der Waals surface area contributed by atoms with E-state index in [1.54, 1.807) is 6.07 Å². The summed E-state index contributed by atoms with van der Waals surface area (Å²) in [5, 5.41) is 1.03. The van der Waals surface area contributed by atoms with Crippen molar-refractivity contribution in [3.8, 4) is 0 Å². The molecule has 3 aliphatic rings. The van der Waals surface area contributed by atoms with E-state index in [0.29, 0.717) is 28.5 Å². The van der Waals surface area contributed by atoms with E-state index in [1.165, 1.54) is 25.7 Å². The Balaban J connectivity index is 1.39. The highest BCUT2D eigenvalue weighted by Crippen LogP contribution is 2.36. The maximum Gasteiger partial charge on any atom is 0.227 e. The standard InChI is InChI=1S/C26H32Cl2N4O/c27-21-10-9-19(16-22(21)28)17-25(33)32-15-14-31(18-20-6-1-2-11-29-20)24-8-5-7-23(26(24)32)30-12-3-4-13-30/h1-2,6,9-11,16,23-24,26H,3-5,7-8,12-15,17-18H2. The van der Waals surface area contributed by atoms with Gasteiger partial charge in [-0.15, -0.1) is 0 Å². The van der Waals surface area contributed by atoms with Crippen molar-refractivity contribution >= 4 is 29.1 Å². The number of amides is 1. The average molecular weight is 487 g/mol. The van der Waals surface area contributed by atoms with Gasteiger partial charge in [0.25, 0.3) is 0 Å². The minimum atomic E-state index is 0.201. The number of carbonyl (C=O) groups excluding carboxylic acids is 1. The predicted octanol–water partition coefficient (Wildman–Crippen LogP) is 4.66. The van der Waals surface area contributed by atoms with E-state index in [0.717, 1.165) is 50.4 Å².